The van der Waals surface area contributed by atoms with Crippen molar-refractivity contribution in [3.8, 4) is 22.4 Å². The number of para-hydroxylation sites is 2. The summed E-state index contributed by atoms with van der Waals surface area (Å²) in [6.45, 7) is 8.66. The van der Waals surface area contributed by atoms with Crippen molar-refractivity contribution in [3.05, 3.63) is 132 Å². The normalized spacial score (nSPS) is 13.1. The lowest BCUT2D eigenvalue weighted by molar-refractivity contribution is -0.137. The van der Waals surface area contributed by atoms with Gasteiger partial charge in [-0.3, -0.25) is 0 Å². The minimum atomic E-state index is -4.41. The molecule has 0 fully saturated rings. The lowest BCUT2D eigenvalue weighted by Gasteiger charge is -2.33. The number of fused-ring (bicyclic) bond motifs is 3. The monoisotopic (exact) mass is 616 g/mol. The quantitative estimate of drug-likeness (QED) is 0.196. The number of rotatable bonds is 3. The van der Waals surface area contributed by atoms with Crippen LogP contribution in [0.4, 0.5) is 30.2 Å². The van der Waals surface area contributed by atoms with Crippen LogP contribution in [0.1, 0.15) is 37.5 Å². The van der Waals surface area contributed by atoms with E-state index >= 15 is 0 Å². The summed E-state index contributed by atoms with van der Waals surface area (Å²) in [5.41, 5.74) is 8.70. The molecular formula is C39H31F3N2S. The molecule has 7 rings (SSSR count). The van der Waals surface area contributed by atoms with E-state index in [1.54, 1.807) is 11.8 Å². The number of benzene rings is 5. The maximum atomic E-state index is 13.5. The number of nitrogens with zero attached hydrogens (tertiary/aromatic N) is 2. The van der Waals surface area contributed by atoms with Crippen molar-refractivity contribution in [2.24, 2.45) is 0 Å². The number of hydrogen-bond acceptors (Lipinski definition) is 3. The van der Waals surface area contributed by atoms with Crippen molar-refractivity contribution in [1.29, 1.82) is 0 Å². The average Bonchev–Trinajstić information content (AvgIpc) is 3.03. The van der Waals surface area contributed by atoms with Gasteiger partial charge in [-0.25, -0.2) is 4.98 Å². The molecule has 1 aromatic heterocycles. The number of anilines is 3. The Morgan fingerprint density at radius 3 is 1.76 bits per heavy atom. The van der Waals surface area contributed by atoms with Gasteiger partial charge in [0.1, 0.15) is 0 Å². The Morgan fingerprint density at radius 2 is 1.18 bits per heavy atom. The lowest BCUT2D eigenvalue weighted by Crippen LogP contribution is -2.15. The summed E-state index contributed by atoms with van der Waals surface area (Å²) in [6.07, 6.45) is -4.41. The Bertz CT molecular complexity index is 2010. The molecule has 0 radical (unpaired) electrons. The van der Waals surface area contributed by atoms with Crippen LogP contribution in [-0.4, -0.2) is 4.98 Å². The number of alkyl halides is 3. The fourth-order valence-electron chi connectivity index (χ4n) is 6.00. The highest BCUT2D eigenvalue weighted by atomic mass is 32.2. The summed E-state index contributed by atoms with van der Waals surface area (Å²) < 4.78 is 40.4. The van der Waals surface area contributed by atoms with E-state index in [0.717, 1.165) is 66.6 Å². The maximum Gasteiger partial charge on any atom is 0.416 e. The maximum absolute atomic E-state index is 13.5. The number of aryl methyl sites for hydroxylation is 1. The molecule has 2 heterocycles. The molecule has 1 aliphatic rings. The smallest absolute Gasteiger partial charge is 0.306 e. The molecule has 45 heavy (non-hydrogen) atoms. The third-order valence-corrected chi connectivity index (χ3v) is 9.52. The Labute approximate surface area is 265 Å². The molecule has 6 heteroatoms. The van der Waals surface area contributed by atoms with E-state index in [1.165, 1.54) is 17.7 Å². The second-order valence-corrected chi connectivity index (χ2v) is 13.5. The SMILES string of the molecule is Cc1ccc(N2c3ccccc3Sc3ccccc32)c2nc(-c3ccc(C(F)(F)F)cc3)cc(-c3ccc(C(C)(C)C)cc3)c12. The van der Waals surface area contributed by atoms with E-state index in [1.807, 2.05) is 30.3 Å². The van der Waals surface area contributed by atoms with Crippen molar-refractivity contribution in [2.45, 2.75) is 49.1 Å². The molecule has 0 saturated heterocycles. The van der Waals surface area contributed by atoms with Crippen LogP contribution < -0.4 is 4.90 Å². The zero-order valence-corrected chi connectivity index (χ0v) is 26.2. The van der Waals surface area contributed by atoms with Crippen molar-refractivity contribution in [2.75, 3.05) is 4.90 Å². The molecule has 5 aromatic carbocycles. The van der Waals surface area contributed by atoms with Gasteiger partial charge >= 0.3 is 6.18 Å². The van der Waals surface area contributed by atoms with Gasteiger partial charge in [-0.1, -0.05) is 99.3 Å². The summed E-state index contributed by atoms with van der Waals surface area (Å²) in [4.78, 5) is 9.78. The van der Waals surface area contributed by atoms with Crippen molar-refractivity contribution < 1.29 is 13.2 Å². The third kappa shape index (κ3) is 5.27. The number of halogens is 3. The highest BCUT2D eigenvalue weighted by molar-refractivity contribution is 7.99. The fraction of sp³-hybridized carbons (Fsp3) is 0.154. The first-order valence-electron chi connectivity index (χ1n) is 14.9. The molecule has 0 aliphatic carbocycles. The molecule has 0 N–H and O–H groups in total. The molecule has 0 amide bonds. The molecule has 224 valence electrons. The van der Waals surface area contributed by atoms with Crippen LogP contribution in [0.25, 0.3) is 33.3 Å². The lowest BCUT2D eigenvalue weighted by atomic mass is 9.85. The van der Waals surface area contributed by atoms with Crippen LogP contribution >= 0.6 is 11.8 Å². The molecule has 0 unspecified atom stereocenters. The van der Waals surface area contributed by atoms with Gasteiger partial charge in [0, 0.05) is 20.7 Å². The topological polar surface area (TPSA) is 16.1 Å². The summed E-state index contributed by atoms with van der Waals surface area (Å²) in [6, 6.07) is 36.8. The van der Waals surface area contributed by atoms with Crippen LogP contribution in [0.3, 0.4) is 0 Å². The summed E-state index contributed by atoms with van der Waals surface area (Å²) >= 11 is 1.74. The first kappa shape index (κ1) is 29.2. The number of aromatic nitrogens is 1. The predicted octanol–water partition coefficient (Wildman–Crippen LogP) is 12.1. The average molecular weight is 617 g/mol. The van der Waals surface area contributed by atoms with Crippen LogP contribution in [0.5, 0.6) is 0 Å². The third-order valence-electron chi connectivity index (χ3n) is 8.39. The van der Waals surface area contributed by atoms with E-state index in [2.05, 4.69) is 93.3 Å². The van der Waals surface area contributed by atoms with Crippen molar-refractivity contribution in [1.82, 2.24) is 4.98 Å². The minimum absolute atomic E-state index is 0.000370. The van der Waals surface area contributed by atoms with Gasteiger partial charge in [0.2, 0.25) is 0 Å². The number of hydrogen-bond donors (Lipinski definition) is 0. The highest BCUT2D eigenvalue weighted by Crippen LogP contribution is 2.53. The Morgan fingerprint density at radius 1 is 0.622 bits per heavy atom. The summed E-state index contributed by atoms with van der Waals surface area (Å²) in [5, 5.41) is 1.01. The highest BCUT2D eigenvalue weighted by Gasteiger charge is 2.31. The fourth-order valence-corrected chi connectivity index (χ4v) is 7.05. The Balaban J connectivity index is 1.52. The second-order valence-electron chi connectivity index (χ2n) is 12.5. The molecule has 0 spiro atoms. The van der Waals surface area contributed by atoms with Gasteiger partial charge in [-0.15, -0.1) is 0 Å². The minimum Gasteiger partial charge on any atom is -0.306 e. The first-order valence-corrected chi connectivity index (χ1v) is 15.7. The van der Waals surface area contributed by atoms with E-state index in [0.29, 0.717) is 11.3 Å². The van der Waals surface area contributed by atoms with Crippen molar-refractivity contribution >= 4 is 39.7 Å². The number of pyridine rings is 1. The molecule has 1 aliphatic heterocycles. The molecule has 0 bridgehead atoms. The summed E-state index contributed by atoms with van der Waals surface area (Å²) in [5.74, 6) is 0. The van der Waals surface area contributed by atoms with Gasteiger partial charge in [-0.2, -0.15) is 13.2 Å². The molecule has 6 aromatic rings. The Hall–Kier alpha value is -4.55. The largest absolute Gasteiger partial charge is 0.416 e. The van der Waals surface area contributed by atoms with Gasteiger partial charge in [-0.05, 0) is 83.1 Å². The van der Waals surface area contributed by atoms with E-state index in [-0.39, 0.29) is 5.41 Å². The van der Waals surface area contributed by atoms with Crippen LogP contribution in [-0.2, 0) is 11.6 Å². The van der Waals surface area contributed by atoms with Gasteiger partial charge in [0.15, 0.2) is 0 Å². The van der Waals surface area contributed by atoms with Crippen molar-refractivity contribution in [3.63, 3.8) is 0 Å². The zero-order chi connectivity index (χ0) is 31.5. The Kier molecular flexibility index (Phi) is 7.01. The van der Waals surface area contributed by atoms with Gasteiger partial charge < -0.3 is 4.90 Å². The molecular weight excluding hydrogens is 586 g/mol. The van der Waals surface area contributed by atoms with Crippen LogP contribution in [0.15, 0.2) is 125 Å². The van der Waals surface area contributed by atoms with E-state index in [9.17, 15) is 13.2 Å². The van der Waals surface area contributed by atoms with E-state index < -0.39 is 11.7 Å². The zero-order valence-electron chi connectivity index (χ0n) is 25.4. The summed E-state index contributed by atoms with van der Waals surface area (Å²) in [7, 11) is 0. The molecule has 2 nitrogen and oxygen atoms in total. The van der Waals surface area contributed by atoms with Gasteiger partial charge in [0.05, 0.1) is 33.8 Å². The van der Waals surface area contributed by atoms with Crippen LogP contribution in [0.2, 0.25) is 0 Å². The standard InChI is InChI=1S/C39H31F3N2S/c1-24-13-22-33(44-31-9-5-7-11-34(31)45-35-12-8-6-10-32(35)44)37-36(24)29(25-14-18-27(19-15-25)38(2,3)4)23-30(43-37)26-16-20-28(21-17-26)39(40,41)42/h5-23H,1-4H3. The predicted molar refractivity (Wildman–Crippen MR) is 180 cm³/mol. The second kappa shape index (κ2) is 10.8. The first-order chi connectivity index (χ1) is 21.5. The molecule has 0 saturated carbocycles. The van der Waals surface area contributed by atoms with Gasteiger partial charge in [0.25, 0.3) is 0 Å². The van der Waals surface area contributed by atoms with E-state index in [4.69, 9.17) is 4.98 Å². The van der Waals surface area contributed by atoms with Crippen LogP contribution in [0, 0.1) is 6.92 Å². The molecule has 0 atom stereocenters.